The highest BCUT2D eigenvalue weighted by molar-refractivity contribution is 7.14. The average molecular weight is 331 g/mol. The lowest BCUT2D eigenvalue weighted by molar-refractivity contribution is 0.0495. The van der Waals surface area contributed by atoms with Crippen LogP contribution in [0.25, 0.3) is 0 Å². The van der Waals surface area contributed by atoms with Crippen molar-refractivity contribution in [3.63, 3.8) is 0 Å². The summed E-state index contributed by atoms with van der Waals surface area (Å²) in [5.41, 5.74) is 1.37. The SMILES string of the molecule is O=C(c1cc2c(s1)CCC2)N(Cc1ccco1)CC1CCCO1. The Bertz CT molecular complexity index is 649. The Balaban J connectivity index is 1.53. The van der Waals surface area contributed by atoms with E-state index in [0.717, 1.165) is 42.9 Å². The molecule has 3 heterocycles. The number of aryl methyl sites for hydroxylation is 2. The van der Waals surface area contributed by atoms with Gasteiger partial charge in [-0.3, -0.25) is 4.79 Å². The van der Waals surface area contributed by atoms with E-state index in [9.17, 15) is 4.79 Å². The maximum absolute atomic E-state index is 13.0. The fourth-order valence-electron chi connectivity index (χ4n) is 3.43. The van der Waals surface area contributed by atoms with Crippen molar-refractivity contribution in [1.29, 1.82) is 0 Å². The van der Waals surface area contributed by atoms with E-state index >= 15 is 0 Å². The zero-order valence-corrected chi connectivity index (χ0v) is 13.9. The molecule has 1 unspecified atom stereocenters. The largest absolute Gasteiger partial charge is 0.467 e. The van der Waals surface area contributed by atoms with Crippen LogP contribution in [-0.4, -0.2) is 30.1 Å². The summed E-state index contributed by atoms with van der Waals surface area (Å²) >= 11 is 1.67. The quantitative estimate of drug-likeness (QED) is 0.840. The van der Waals surface area contributed by atoms with Gasteiger partial charge < -0.3 is 14.1 Å². The fourth-order valence-corrected chi connectivity index (χ4v) is 4.66. The summed E-state index contributed by atoms with van der Waals surface area (Å²) in [5.74, 6) is 0.928. The van der Waals surface area contributed by atoms with E-state index < -0.39 is 0 Å². The third kappa shape index (κ3) is 3.21. The van der Waals surface area contributed by atoms with E-state index in [4.69, 9.17) is 9.15 Å². The molecule has 1 amide bonds. The van der Waals surface area contributed by atoms with Gasteiger partial charge in [-0.25, -0.2) is 0 Å². The van der Waals surface area contributed by atoms with Crippen molar-refractivity contribution in [3.05, 3.63) is 45.5 Å². The van der Waals surface area contributed by atoms with Gasteiger partial charge in [0, 0.05) is 18.0 Å². The molecule has 0 N–H and O–H groups in total. The molecular formula is C18H21NO3S. The Morgan fingerprint density at radius 3 is 3.04 bits per heavy atom. The highest BCUT2D eigenvalue weighted by Crippen LogP contribution is 2.31. The summed E-state index contributed by atoms with van der Waals surface area (Å²) in [5, 5.41) is 0. The first-order chi connectivity index (χ1) is 11.3. The van der Waals surface area contributed by atoms with E-state index in [1.165, 1.54) is 16.9 Å². The van der Waals surface area contributed by atoms with Gasteiger partial charge >= 0.3 is 0 Å². The molecule has 0 saturated carbocycles. The van der Waals surface area contributed by atoms with Crippen LogP contribution in [0.3, 0.4) is 0 Å². The Morgan fingerprint density at radius 2 is 2.30 bits per heavy atom. The van der Waals surface area contributed by atoms with Crippen molar-refractivity contribution < 1.29 is 13.9 Å². The van der Waals surface area contributed by atoms with Gasteiger partial charge in [0.15, 0.2) is 0 Å². The van der Waals surface area contributed by atoms with E-state index in [1.54, 1.807) is 17.6 Å². The molecule has 0 spiro atoms. The Morgan fingerprint density at radius 1 is 1.35 bits per heavy atom. The van der Waals surface area contributed by atoms with Gasteiger partial charge in [0.25, 0.3) is 5.91 Å². The van der Waals surface area contributed by atoms with Gasteiger partial charge in [-0.1, -0.05) is 0 Å². The van der Waals surface area contributed by atoms with Crippen LogP contribution < -0.4 is 0 Å². The number of hydrogen-bond donors (Lipinski definition) is 0. The molecule has 122 valence electrons. The van der Waals surface area contributed by atoms with Gasteiger partial charge in [0.05, 0.1) is 23.8 Å². The summed E-state index contributed by atoms with van der Waals surface area (Å²) < 4.78 is 11.2. The lowest BCUT2D eigenvalue weighted by Gasteiger charge is -2.24. The van der Waals surface area contributed by atoms with Gasteiger partial charge in [0.1, 0.15) is 5.76 Å². The molecule has 2 aromatic rings. The number of amides is 1. The van der Waals surface area contributed by atoms with Gasteiger partial charge in [-0.2, -0.15) is 0 Å². The third-order valence-corrected chi connectivity index (χ3v) is 5.84. The summed E-state index contributed by atoms with van der Waals surface area (Å²) in [6.45, 7) is 1.96. The molecule has 1 aliphatic carbocycles. The van der Waals surface area contributed by atoms with Gasteiger partial charge in [0.2, 0.25) is 0 Å². The molecule has 23 heavy (non-hydrogen) atoms. The molecule has 1 saturated heterocycles. The second-order valence-corrected chi connectivity index (χ2v) is 7.45. The summed E-state index contributed by atoms with van der Waals surface area (Å²) in [7, 11) is 0. The predicted molar refractivity (Wildman–Crippen MR) is 88.8 cm³/mol. The molecule has 5 heteroatoms. The molecule has 4 rings (SSSR count). The standard InChI is InChI=1S/C18H21NO3S/c20-18(17-10-13-4-1-7-16(13)23-17)19(11-14-5-2-8-21-14)12-15-6-3-9-22-15/h2,5,8,10,15H,1,3-4,6-7,9,11-12H2. The molecule has 0 bridgehead atoms. The van der Waals surface area contributed by atoms with Crippen LogP contribution in [0.1, 0.15) is 45.1 Å². The number of carbonyl (C=O) groups excluding carboxylic acids is 1. The second kappa shape index (κ2) is 6.49. The maximum Gasteiger partial charge on any atom is 0.264 e. The summed E-state index contributed by atoms with van der Waals surface area (Å²) in [4.78, 5) is 17.1. The first-order valence-electron chi connectivity index (χ1n) is 8.34. The van der Waals surface area contributed by atoms with Gasteiger partial charge in [-0.05, 0) is 55.9 Å². The van der Waals surface area contributed by atoms with Crippen molar-refractivity contribution in [3.8, 4) is 0 Å². The normalized spacial score (nSPS) is 19.9. The highest BCUT2D eigenvalue weighted by atomic mass is 32.1. The maximum atomic E-state index is 13.0. The number of fused-ring (bicyclic) bond motifs is 1. The molecule has 0 radical (unpaired) electrons. The molecule has 4 nitrogen and oxygen atoms in total. The Kier molecular flexibility index (Phi) is 4.23. The van der Waals surface area contributed by atoms with Crippen LogP contribution in [0, 0.1) is 0 Å². The first-order valence-corrected chi connectivity index (χ1v) is 9.16. The van der Waals surface area contributed by atoms with Crippen LogP contribution in [0.4, 0.5) is 0 Å². The monoisotopic (exact) mass is 331 g/mol. The lowest BCUT2D eigenvalue weighted by Crippen LogP contribution is -2.36. The molecule has 2 aromatic heterocycles. The van der Waals surface area contributed by atoms with E-state index in [0.29, 0.717) is 13.1 Å². The topological polar surface area (TPSA) is 42.7 Å². The summed E-state index contributed by atoms with van der Waals surface area (Å²) in [6.07, 6.45) is 7.38. The van der Waals surface area contributed by atoms with Crippen molar-refractivity contribution in [1.82, 2.24) is 4.90 Å². The van der Waals surface area contributed by atoms with Crippen LogP contribution in [-0.2, 0) is 24.1 Å². The smallest absolute Gasteiger partial charge is 0.264 e. The van der Waals surface area contributed by atoms with Crippen molar-refractivity contribution in [2.45, 2.75) is 44.8 Å². The predicted octanol–water partition coefficient (Wildman–Crippen LogP) is 3.65. The zero-order valence-electron chi connectivity index (χ0n) is 13.1. The summed E-state index contributed by atoms with van der Waals surface area (Å²) in [6, 6.07) is 5.88. The Labute approximate surface area is 140 Å². The first kappa shape index (κ1) is 15.0. The molecule has 1 atom stereocenters. The van der Waals surface area contributed by atoms with Crippen LogP contribution >= 0.6 is 11.3 Å². The molecule has 1 aliphatic heterocycles. The number of rotatable bonds is 5. The van der Waals surface area contributed by atoms with Crippen LogP contribution in [0.2, 0.25) is 0 Å². The average Bonchev–Trinajstić information content (AvgIpc) is 3.30. The molecule has 2 aliphatic rings. The molecule has 0 aromatic carbocycles. The van der Waals surface area contributed by atoms with Crippen molar-refractivity contribution in [2.75, 3.05) is 13.2 Å². The number of furan rings is 1. The van der Waals surface area contributed by atoms with Crippen molar-refractivity contribution in [2.24, 2.45) is 0 Å². The van der Waals surface area contributed by atoms with Crippen LogP contribution in [0.15, 0.2) is 28.9 Å². The Hall–Kier alpha value is -1.59. The second-order valence-electron chi connectivity index (χ2n) is 6.31. The van der Waals surface area contributed by atoms with Crippen LogP contribution in [0.5, 0.6) is 0 Å². The van der Waals surface area contributed by atoms with Crippen molar-refractivity contribution >= 4 is 17.2 Å². The zero-order chi connectivity index (χ0) is 15.6. The van der Waals surface area contributed by atoms with Gasteiger partial charge in [-0.15, -0.1) is 11.3 Å². The number of nitrogens with zero attached hydrogens (tertiary/aromatic N) is 1. The van der Waals surface area contributed by atoms with E-state index in [-0.39, 0.29) is 12.0 Å². The van der Waals surface area contributed by atoms with E-state index in [1.807, 2.05) is 17.0 Å². The number of ether oxygens (including phenoxy) is 1. The highest BCUT2D eigenvalue weighted by Gasteiger charge is 2.27. The minimum Gasteiger partial charge on any atom is -0.467 e. The number of hydrogen-bond acceptors (Lipinski definition) is 4. The third-order valence-electron chi connectivity index (χ3n) is 4.62. The minimum atomic E-state index is 0.108. The number of carbonyl (C=O) groups is 1. The number of thiophene rings is 1. The molecule has 1 fully saturated rings. The molecular weight excluding hydrogens is 310 g/mol. The van der Waals surface area contributed by atoms with E-state index in [2.05, 4.69) is 6.07 Å². The minimum absolute atomic E-state index is 0.108. The lowest BCUT2D eigenvalue weighted by atomic mass is 10.2. The fraction of sp³-hybridized carbons (Fsp3) is 0.500.